The van der Waals surface area contributed by atoms with E-state index in [1.54, 1.807) is 24.3 Å². The second-order valence-electron chi connectivity index (χ2n) is 3.81. The van der Waals surface area contributed by atoms with Crippen molar-refractivity contribution in [3.63, 3.8) is 0 Å². The summed E-state index contributed by atoms with van der Waals surface area (Å²) in [5.41, 5.74) is 6.28. The van der Waals surface area contributed by atoms with E-state index in [1.165, 1.54) is 0 Å². The lowest BCUT2D eigenvalue weighted by atomic mass is 10.1. The number of carboxylic acid groups (broad SMARTS) is 1. The van der Waals surface area contributed by atoms with E-state index in [9.17, 15) is 8.68 Å². The van der Waals surface area contributed by atoms with E-state index < -0.39 is 12.0 Å². The molecule has 0 spiro atoms. The van der Waals surface area contributed by atoms with E-state index in [2.05, 4.69) is 0 Å². The smallest absolute Gasteiger partial charge is 0.320 e. The van der Waals surface area contributed by atoms with Gasteiger partial charge in [-0.25, -0.2) is 0 Å². The molecule has 0 amide bonds. The highest BCUT2D eigenvalue weighted by Gasteiger charge is 2.11. The summed E-state index contributed by atoms with van der Waals surface area (Å²) in [4.78, 5) is 10.6. The lowest BCUT2D eigenvalue weighted by Crippen LogP contribution is -2.32. The zero-order chi connectivity index (χ0) is 13.4. The van der Waals surface area contributed by atoms with Gasteiger partial charge >= 0.3 is 5.97 Å². The fraction of sp³-hybridized carbons (Fsp3) is 0.417. The van der Waals surface area contributed by atoms with Crippen molar-refractivity contribution in [1.82, 2.24) is 0 Å². The molecule has 0 saturated carbocycles. The fourth-order valence-corrected chi connectivity index (χ4v) is 1.59. The molecule has 0 aliphatic rings. The molecular weight excluding hydrogens is 257 g/mol. The number of carbonyl (C=O) groups is 1. The standard InChI is InChI=1S/C12H16FNO3S/c13-18-7-1-6-17-10-4-2-9(3-5-10)8-11(14)12(15)16/h2-5,11H,1,6-8,14H2,(H,15,16)/t11-/m1/s1. The van der Waals surface area contributed by atoms with Gasteiger partial charge in [0.15, 0.2) is 0 Å². The van der Waals surface area contributed by atoms with Crippen LogP contribution in [0.1, 0.15) is 12.0 Å². The second kappa shape index (κ2) is 7.94. The first-order chi connectivity index (χ1) is 8.63. The first kappa shape index (κ1) is 14.8. The lowest BCUT2D eigenvalue weighted by Gasteiger charge is -2.08. The van der Waals surface area contributed by atoms with Gasteiger partial charge in [0.2, 0.25) is 0 Å². The summed E-state index contributed by atoms with van der Waals surface area (Å²) in [6.07, 6.45) is 0.931. The van der Waals surface area contributed by atoms with Crippen LogP contribution < -0.4 is 10.5 Å². The van der Waals surface area contributed by atoms with Crippen molar-refractivity contribution in [2.45, 2.75) is 18.9 Å². The molecule has 4 nitrogen and oxygen atoms in total. The van der Waals surface area contributed by atoms with E-state index in [1.807, 2.05) is 0 Å². The molecule has 0 aliphatic heterocycles. The van der Waals surface area contributed by atoms with Gasteiger partial charge in [-0.05, 0) is 30.5 Å². The third-order valence-corrected chi connectivity index (χ3v) is 2.77. The molecule has 0 bridgehead atoms. The quantitative estimate of drug-likeness (QED) is 0.709. The molecule has 1 aromatic carbocycles. The largest absolute Gasteiger partial charge is 0.494 e. The number of ether oxygens (including phenoxy) is 1. The SMILES string of the molecule is N[C@H](Cc1ccc(OCCCSF)cc1)C(=O)O. The maximum absolute atomic E-state index is 11.8. The number of benzene rings is 1. The molecule has 0 unspecified atom stereocenters. The Morgan fingerprint density at radius 2 is 2.11 bits per heavy atom. The van der Waals surface area contributed by atoms with Crippen molar-refractivity contribution in [3.8, 4) is 5.75 Å². The molecule has 0 fully saturated rings. The highest BCUT2D eigenvalue weighted by Crippen LogP contribution is 2.14. The maximum atomic E-state index is 11.8. The highest BCUT2D eigenvalue weighted by atomic mass is 32.2. The van der Waals surface area contributed by atoms with Crippen molar-refractivity contribution < 1.29 is 18.5 Å². The molecule has 0 aliphatic carbocycles. The van der Waals surface area contributed by atoms with Gasteiger partial charge in [-0.15, -0.1) is 0 Å². The lowest BCUT2D eigenvalue weighted by molar-refractivity contribution is -0.138. The summed E-state index contributed by atoms with van der Waals surface area (Å²) >= 11 is 0.299. The minimum Gasteiger partial charge on any atom is -0.494 e. The zero-order valence-electron chi connectivity index (χ0n) is 9.84. The number of nitrogens with two attached hydrogens (primary N) is 1. The van der Waals surface area contributed by atoms with Crippen LogP contribution in [0.5, 0.6) is 5.75 Å². The first-order valence-corrected chi connectivity index (χ1v) is 6.45. The second-order valence-corrected chi connectivity index (χ2v) is 4.43. The summed E-state index contributed by atoms with van der Waals surface area (Å²) in [6, 6.07) is 6.18. The first-order valence-electron chi connectivity index (χ1n) is 5.57. The molecule has 1 aromatic rings. The van der Waals surface area contributed by atoms with Gasteiger partial charge in [0.25, 0.3) is 0 Å². The van der Waals surface area contributed by atoms with Crippen LogP contribution in [0.25, 0.3) is 0 Å². The van der Waals surface area contributed by atoms with Crippen LogP contribution in [0.4, 0.5) is 3.89 Å². The summed E-state index contributed by atoms with van der Waals surface area (Å²) in [5, 5.41) is 8.68. The fourth-order valence-electron chi connectivity index (χ4n) is 1.37. The Kier molecular flexibility index (Phi) is 6.53. The number of aliphatic carboxylic acids is 1. The average molecular weight is 273 g/mol. The predicted molar refractivity (Wildman–Crippen MR) is 69.4 cm³/mol. The maximum Gasteiger partial charge on any atom is 0.320 e. The molecule has 0 radical (unpaired) electrons. The molecule has 0 heterocycles. The molecule has 6 heteroatoms. The summed E-state index contributed by atoms with van der Waals surface area (Å²) in [7, 11) is 0. The van der Waals surface area contributed by atoms with Gasteiger partial charge in [-0.1, -0.05) is 12.1 Å². The molecule has 100 valence electrons. The summed E-state index contributed by atoms with van der Waals surface area (Å²) in [5.74, 6) is 0.0940. The summed E-state index contributed by atoms with van der Waals surface area (Å²) < 4.78 is 17.1. The van der Waals surface area contributed by atoms with Gasteiger partial charge in [0, 0.05) is 17.9 Å². The van der Waals surface area contributed by atoms with Gasteiger partial charge in [-0.2, -0.15) is 3.89 Å². The summed E-state index contributed by atoms with van der Waals surface area (Å²) in [6.45, 7) is 0.463. The van der Waals surface area contributed by atoms with Crippen LogP contribution in [0.15, 0.2) is 24.3 Å². The molecule has 1 rings (SSSR count). The van der Waals surface area contributed by atoms with Gasteiger partial charge < -0.3 is 15.6 Å². The Morgan fingerprint density at radius 3 is 2.67 bits per heavy atom. The molecule has 18 heavy (non-hydrogen) atoms. The molecule has 0 saturated heterocycles. The van der Waals surface area contributed by atoms with Crippen molar-refractivity contribution >= 4 is 18.1 Å². The zero-order valence-corrected chi connectivity index (χ0v) is 10.7. The number of carboxylic acids is 1. The van der Waals surface area contributed by atoms with Crippen molar-refractivity contribution in [1.29, 1.82) is 0 Å². The van der Waals surface area contributed by atoms with Crippen LogP contribution >= 0.6 is 12.1 Å². The van der Waals surface area contributed by atoms with Crippen LogP contribution in [0, 0.1) is 0 Å². The average Bonchev–Trinajstić information content (AvgIpc) is 2.36. The number of halogens is 1. The number of hydrogen-bond donors (Lipinski definition) is 2. The van der Waals surface area contributed by atoms with E-state index in [4.69, 9.17) is 15.6 Å². The molecule has 0 aromatic heterocycles. The minimum atomic E-state index is -1.01. The van der Waals surface area contributed by atoms with Crippen molar-refractivity contribution in [2.75, 3.05) is 12.4 Å². The van der Waals surface area contributed by atoms with Gasteiger partial charge in [-0.3, -0.25) is 4.79 Å². The Morgan fingerprint density at radius 1 is 1.44 bits per heavy atom. The van der Waals surface area contributed by atoms with Crippen LogP contribution in [-0.4, -0.2) is 29.5 Å². The van der Waals surface area contributed by atoms with Gasteiger partial charge in [0.1, 0.15) is 11.8 Å². The third kappa shape index (κ3) is 5.37. The van der Waals surface area contributed by atoms with E-state index in [-0.39, 0.29) is 6.42 Å². The Balaban J connectivity index is 2.40. The normalized spacial score (nSPS) is 12.1. The minimum absolute atomic E-state index is 0.286. The van der Waals surface area contributed by atoms with Crippen molar-refractivity contribution in [3.05, 3.63) is 29.8 Å². The van der Waals surface area contributed by atoms with Crippen molar-refractivity contribution in [2.24, 2.45) is 5.73 Å². The van der Waals surface area contributed by atoms with E-state index in [0.717, 1.165) is 5.56 Å². The predicted octanol–water partition coefficient (Wildman–Crippen LogP) is 2.03. The van der Waals surface area contributed by atoms with Crippen LogP contribution in [0.3, 0.4) is 0 Å². The van der Waals surface area contributed by atoms with Gasteiger partial charge in [0.05, 0.1) is 6.61 Å². The number of hydrogen-bond acceptors (Lipinski definition) is 4. The Labute approximate surface area is 110 Å². The van der Waals surface area contributed by atoms with E-state index in [0.29, 0.717) is 36.7 Å². The Hall–Kier alpha value is -1.27. The molecule has 1 atom stereocenters. The Bertz CT molecular complexity index is 372. The monoisotopic (exact) mass is 273 g/mol. The van der Waals surface area contributed by atoms with Crippen LogP contribution in [0.2, 0.25) is 0 Å². The molecule has 3 N–H and O–H groups in total. The van der Waals surface area contributed by atoms with E-state index >= 15 is 0 Å². The number of rotatable bonds is 8. The topological polar surface area (TPSA) is 72.5 Å². The molecular formula is C12H16FNO3S. The third-order valence-electron chi connectivity index (χ3n) is 2.33. The van der Waals surface area contributed by atoms with Crippen LogP contribution in [-0.2, 0) is 11.2 Å². The highest BCUT2D eigenvalue weighted by molar-refractivity contribution is 7.94.